The van der Waals surface area contributed by atoms with Gasteiger partial charge in [-0.3, -0.25) is 4.79 Å². The van der Waals surface area contributed by atoms with Crippen LogP contribution >= 0.6 is 34.2 Å². The standard InChI is InChI=1S/C8H6ClFINO/c9-7(10)8(13)12-6-3-1-2-5(11)4-6/h1-4,7H,(H,12,13). The lowest BCUT2D eigenvalue weighted by molar-refractivity contribution is -0.118. The van der Waals surface area contributed by atoms with E-state index in [1.165, 1.54) is 0 Å². The van der Waals surface area contributed by atoms with E-state index in [9.17, 15) is 9.18 Å². The highest BCUT2D eigenvalue weighted by Crippen LogP contribution is 2.13. The molecule has 0 saturated carbocycles. The zero-order valence-corrected chi connectivity index (χ0v) is 9.34. The highest BCUT2D eigenvalue weighted by molar-refractivity contribution is 14.1. The van der Waals surface area contributed by atoms with Gasteiger partial charge >= 0.3 is 0 Å². The van der Waals surface area contributed by atoms with E-state index in [0.29, 0.717) is 5.69 Å². The number of nitrogens with one attached hydrogen (secondary N) is 1. The van der Waals surface area contributed by atoms with Gasteiger partial charge in [-0.1, -0.05) is 17.7 Å². The molecule has 1 unspecified atom stereocenters. The van der Waals surface area contributed by atoms with Gasteiger partial charge < -0.3 is 5.32 Å². The Morgan fingerprint density at radius 2 is 2.31 bits per heavy atom. The number of rotatable bonds is 2. The van der Waals surface area contributed by atoms with Gasteiger partial charge in [0, 0.05) is 9.26 Å². The number of carbonyl (C=O) groups excluding carboxylic acids is 1. The third kappa shape index (κ3) is 3.48. The van der Waals surface area contributed by atoms with Gasteiger partial charge in [-0.2, -0.15) is 0 Å². The lowest BCUT2D eigenvalue weighted by Crippen LogP contribution is -2.19. The number of halogens is 3. The first-order chi connectivity index (χ1) is 6.09. The van der Waals surface area contributed by atoms with Crippen LogP contribution in [0.2, 0.25) is 0 Å². The van der Waals surface area contributed by atoms with Crippen LogP contribution in [0.15, 0.2) is 24.3 Å². The van der Waals surface area contributed by atoms with Gasteiger partial charge in [0.1, 0.15) is 0 Å². The summed E-state index contributed by atoms with van der Waals surface area (Å²) < 4.78 is 13.2. The molecule has 1 amide bonds. The minimum absolute atomic E-state index is 0.542. The van der Waals surface area contributed by atoms with Crippen molar-refractivity contribution in [1.29, 1.82) is 0 Å². The Hall–Kier alpha value is -0.360. The molecule has 0 aliphatic rings. The molecule has 0 radical (unpaired) electrons. The topological polar surface area (TPSA) is 29.1 Å². The van der Waals surface area contributed by atoms with E-state index >= 15 is 0 Å². The molecule has 1 aromatic rings. The van der Waals surface area contributed by atoms with Crippen molar-refractivity contribution in [3.05, 3.63) is 27.8 Å². The van der Waals surface area contributed by atoms with Crippen molar-refractivity contribution < 1.29 is 9.18 Å². The van der Waals surface area contributed by atoms with Crippen LogP contribution in [0.4, 0.5) is 10.1 Å². The number of hydrogen-bond donors (Lipinski definition) is 1. The monoisotopic (exact) mass is 313 g/mol. The molecule has 70 valence electrons. The van der Waals surface area contributed by atoms with E-state index in [4.69, 9.17) is 11.6 Å². The summed E-state index contributed by atoms with van der Waals surface area (Å²) in [4.78, 5) is 10.8. The van der Waals surface area contributed by atoms with Crippen LogP contribution in [0.25, 0.3) is 0 Å². The normalized spacial score (nSPS) is 12.2. The molecule has 2 nitrogen and oxygen atoms in total. The average molecular weight is 313 g/mol. The Kier molecular flexibility index (Phi) is 3.92. The maximum atomic E-state index is 12.2. The summed E-state index contributed by atoms with van der Waals surface area (Å²) in [6, 6.07) is 7.01. The second kappa shape index (κ2) is 4.76. The van der Waals surface area contributed by atoms with E-state index in [1.807, 2.05) is 6.07 Å². The van der Waals surface area contributed by atoms with Gasteiger partial charge in [-0.05, 0) is 40.8 Å². The third-order valence-corrected chi connectivity index (χ3v) is 2.16. The van der Waals surface area contributed by atoms with Crippen molar-refractivity contribution in [2.45, 2.75) is 5.63 Å². The molecule has 1 aromatic carbocycles. The number of amides is 1. The third-order valence-electron chi connectivity index (χ3n) is 1.29. The summed E-state index contributed by atoms with van der Waals surface area (Å²) in [5.74, 6) is -0.844. The van der Waals surface area contributed by atoms with Crippen LogP contribution in [-0.2, 0) is 4.79 Å². The Balaban J connectivity index is 2.69. The van der Waals surface area contributed by atoms with Crippen molar-refractivity contribution in [3.8, 4) is 0 Å². The molecule has 13 heavy (non-hydrogen) atoms. The van der Waals surface area contributed by atoms with Gasteiger partial charge in [0.25, 0.3) is 11.5 Å². The number of benzene rings is 1. The van der Waals surface area contributed by atoms with E-state index in [2.05, 4.69) is 27.9 Å². The molecule has 1 atom stereocenters. The fourth-order valence-electron chi connectivity index (χ4n) is 0.763. The van der Waals surface area contributed by atoms with Gasteiger partial charge in [-0.25, -0.2) is 4.39 Å². The molecule has 1 rings (SSSR count). The molecule has 0 aromatic heterocycles. The van der Waals surface area contributed by atoms with Gasteiger partial charge in [0.05, 0.1) is 0 Å². The molecule has 0 bridgehead atoms. The summed E-state index contributed by atoms with van der Waals surface area (Å²) in [5, 5.41) is 2.33. The molecule has 0 aliphatic carbocycles. The first-order valence-electron chi connectivity index (χ1n) is 3.44. The number of carbonyl (C=O) groups is 1. The fraction of sp³-hybridized carbons (Fsp3) is 0.125. The van der Waals surface area contributed by atoms with Crippen LogP contribution in [0.1, 0.15) is 0 Å². The Morgan fingerprint density at radius 3 is 2.85 bits per heavy atom. The summed E-state index contributed by atoms with van der Waals surface area (Å²) >= 11 is 7.03. The highest BCUT2D eigenvalue weighted by atomic mass is 127. The largest absolute Gasteiger partial charge is 0.322 e. The van der Waals surface area contributed by atoms with Crippen molar-refractivity contribution in [3.63, 3.8) is 0 Å². The zero-order valence-electron chi connectivity index (χ0n) is 6.43. The Labute approximate surface area is 93.6 Å². The van der Waals surface area contributed by atoms with Crippen molar-refractivity contribution in [1.82, 2.24) is 0 Å². The van der Waals surface area contributed by atoms with Gasteiger partial charge in [0.2, 0.25) is 0 Å². The molecule has 1 N–H and O–H groups in total. The van der Waals surface area contributed by atoms with Crippen LogP contribution in [-0.4, -0.2) is 11.5 Å². The summed E-state index contributed by atoms with van der Waals surface area (Å²) in [7, 11) is 0. The average Bonchev–Trinajstić information content (AvgIpc) is 2.04. The van der Waals surface area contributed by atoms with Crippen LogP contribution in [0, 0.1) is 3.57 Å². The molecular weight excluding hydrogens is 307 g/mol. The lowest BCUT2D eigenvalue weighted by atomic mass is 10.3. The zero-order chi connectivity index (χ0) is 9.84. The maximum absolute atomic E-state index is 12.2. The predicted octanol–water partition coefficient (Wildman–Crippen LogP) is 2.76. The highest BCUT2D eigenvalue weighted by Gasteiger charge is 2.12. The molecular formula is C8H6ClFINO. The number of alkyl halides is 2. The molecule has 0 fully saturated rings. The predicted molar refractivity (Wildman–Crippen MR) is 58.5 cm³/mol. The minimum Gasteiger partial charge on any atom is -0.322 e. The summed E-state index contributed by atoms with van der Waals surface area (Å²) in [6.45, 7) is 0. The van der Waals surface area contributed by atoms with Crippen molar-refractivity contribution >= 4 is 45.8 Å². The second-order valence-electron chi connectivity index (χ2n) is 2.30. The van der Waals surface area contributed by atoms with E-state index in [0.717, 1.165) is 3.57 Å². The summed E-state index contributed by atoms with van der Waals surface area (Å²) in [5.41, 5.74) is -1.46. The van der Waals surface area contributed by atoms with Crippen molar-refractivity contribution in [2.24, 2.45) is 0 Å². The van der Waals surface area contributed by atoms with Gasteiger partial charge in [-0.15, -0.1) is 0 Å². The molecule has 0 aliphatic heterocycles. The van der Waals surface area contributed by atoms with E-state index < -0.39 is 11.5 Å². The SMILES string of the molecule is O=C(Nc1cccc(I)c1)C(F)Cl. The van der Waals surface area contributed by atoms with Crippen LogP contribution < -0.4 is 5.32 Å². The molecule has 5 heteroatoms. The van der Waals surface area contributed by atoms with Gasteiger partial charge in [0.15, 0.2) is 0 Å². The minimum atomic E-state index is -2.00. The van der Waals surface area contributed by atoms with E-state index in [1.54, 1.807) is 18.2 Å². The van der Waals surface area contributed by atoms with Crippen molar-refractivity contribution in [2.75, 3.05) is 5.32 Å². The smallest absolute Gasteiger partial charge is 0.274 e. The Morgan fingerprint density at radius 1 is 1.62 bits per heavy atom. The summed E-state index contributed by atoms with van der Waals surface area (Å²) in [6.07, 6.45) is 0. The van der Waals surface area contributed by atoms with Crippen LogP contribution in [0.3, 0.4) is 0 Å². The maximum Gasteiger partial charge on any atom is 0.274 e. The number of hydrogen-bond acceptors (Lipinski definition) is 1. The Bertz CT molecular complexity index is 319. The quantitative estimate of drug-likeness (QED) is 0.660. The first-order valence-corrected chi connectivity index (χ1v) is 4.95. The van der Waals surface area contributed by atoms with Crippen LogP contribution in [0.5, 0.6) is 0 Å². The molecule has 0 heterocycles. The number of anilines is 1. The second-order valence-corrected chi connectivity index (χ2v) is 3.93. The molecule has 0 saturated heterocycles. The molecule has 0 spiro atoms. The lowest BCUT2D eigenvalue weighted by Gasteiger charge is -2.04. The first kappa shape index (κ1) is 10.7. The fourth-order valence-corrected chi connectivity index (χ4v) is 1.36. The van der Waals surface area contributed by atoms with E-state index in [-0.39, 0.29) is 0 Å².